The van der Waals surface area contributed by atoms with Gasteiger partial charge >= 0.3 is 5.97 Å². The van der Waals surface area contributed by atoms with Gasteiger partial charge in [0.05, 0.1) is 0 Å². The first-order chi connectivity index (χ1) is 10.9. The van der Waals surface area contributed by atoms with Crippen molar-refractivity contribution in [1.29, 1.82) is 0 Å². The average Bonchev–Trinajstić information content (AvgIpc) is 2.50. The zero-order valence-electron chi connectivity index (χ0n) is 13.2. The Morgan fingerprint density at radius 1 is 1.13 bits per heavy atom. The number of hydrogen-bond acceptors (Lipinski definition) is 4. The number of benzene rings is 1. The molecule has 0 bridgehead atoms. The number of carbonyl (C=O) groups is 3. The van der Waals surface area contributed by atoms with E-state index in [1.807, 2.05) is 36.6 Å². The highest BCUT2D eigenvalue weighted by atomic mass is 32.2. The molecule has 0 spiro atoms. The second-order valence-corrected chi connectivity index (χ2v) is 6.11. The molecule has 0 heterocycles. The van der Waals surface area contributed by atoms with Gasteiger partial charge in [0.15, 0.2) is 0 Å². The largest absolute Gasteiger partial charge is 0.480 e. The summed E-state index contributed by atoms with van der Waals surface area (Å²) in [5, 5.41) is 14.3. The van der Waals surface area contributed by atoms with Gasteiger partial charge in [0.1, 0.15) is 12.1 Å². The minimum atomic E-state index is -1.08. The molecule has 0 saturated heterocycles. The number of carbonyl (C=O) groups excluding carboxylic acids is 2. The highest BCUT2D eigenvalue weighted by molar-refractivity contribution is 7.98. The van der Waals surface area contributed by atoms with Gasteiger partial charge in [-0.3, -0.25) is 9.59 Å². The Kier molecular flexibility index (Phi) is 8.18. The minimum Gasteiger partial charge on any atom is -0.480 e. The SMILES string of the molecule is CSCC[C@H](NC(=O)[C@H](Cc1ccccc1)NC(C)=O)C(=O)O. The number of carboxylic acid groups (broad SMARTS) is 1. The van der Waals surface area contributed by atoms with Crippen LogP contribution in [0, 0.1) is 0 Å². The van der Waals surface area contributed by atoms with Crippen molar-refractivity contribution in [1.82, 2.24) is 10.6 Å². The number of amides is 2. The highest BCUT2D eigenvalue weighted by Crippen LogP contribution is 2.06. The summed E-state index contributed by atoms with van der Waals surface area (Å²) in [6, 6.07) is 7.50. The third kappa shape index (κ3) is 7.19. The molecular formula is C16H22N2O4S. The van der Waals surface area contributed by atoms with E-state index in [0.717, 1.165) is 5.56 Å². The quantitative estimate of drug-likeness (QED) is 0.626. The van der Waals surface area contributed by atoms with Crippen LogP contribution in [-0.4, -0.2) is 47.0 Å². The van der Waals surface area contributed by atoms with Crippen LogP contribution >= 0.6 is 11.8 Å². The van der Waals surface area contributed by atoms with Gasteiger partial charge in [0.2, 0.25) is 11.8 Å². The standard InChI is InChI=1S/C16H22N2O4S/c1-11(19)17-14(10-12-6-4-3-5-7-12)15(20)18-13(16(21)22)8-9-23-2/h3-7,13-14H,8-10H2,1-2H3,(H,17,19)(H,18,20)(H,21,22)/t13-,14-/m0/s1. The van der Waals surface area contributed by atoms with E-state index < -0.39 is 24.0 Å². The summed E-state index contributed by atoms with van der Waals surface area (Å²) in [6.45, 7) is 1.33. The fourth-order valence-corrected chi connectivity index (χ4v) is 2.54. The zero-order chi connectivity index (χ0) is 17.2. The van der Waals surface area contributed by atoms with Crippen molar-refractivity contribution in [3.05, 3.63) is 35.9 Å². The van der Waals surface area contributed by atoms with Crippen molar-refractivity contribution in [2.45, 2.75) is 31.8 Å². The van der Waals surface area contributed by atoms with E-state index in [1.54, 1.807) is 0 Å². The van der Waals surface area contributed by atoms with Crippen LogP contribution in [0.2, 0.25) is 0 Å². The molecule has 0 aliphatic heterocycles. The second-order valence-electron chi connectivity index (χ2n) is 5.12. The molecule has 23 heavy (non-hydrogen) atoms. The first-order valence-electron chi connectivity index (χ1n) is 7.27. The first-order valence-corrected chi connectivity index (χ1v) is 8.66. The lowest BCUT2D eigenvalue weighted by Crippen LogP contribution is -2.52. The van der Waals surface area contributed by atoms with Crippen molar-refractivity contribution < 1.29 is 19.5 Å². The van der Waals surface area contributed by atoms with E-state index in [0.29, 0.717) is 18.6 Å². The molecule has 0 radical (unpaired) electrons. The Bertz CT molecular complexity index is 536. The number of rotatable bonds is 9. The summed E-state index contributed by atoms with van der Waals surface area (Å²) in [6.07, 6.45) is 2.51. The van der Waals surface area contributed by atoms with E-state index >= 15 is 0 Å². The van der Waals surface area contributed by atoms with Crippen LogP contribution in [0.4, 0.5) is 0 Å². The van der Waals surface area contributed by atoms with Crippen LogP contribution in [0.25, 0.3) is 0 Å². The normalized spacial score (nSPS) is 13.0. The molecule has 7 heteroatoms. The summed E-state index contributed by atoms with van der Waals surface area (Å²) in [5.41, 5.74) is 0.886. The maximum atomic E-state index is 12.4. The Labute approximate surface area is 140 Å². The van der Waals surface area contributed by atoms with Crippen LogP contribution in [0.15, 0.2) is 30.3 Å². The van der Waals surface area contributed by atoms with Crippen LogP contribution in [0.1, 0.15) is 18.9 Å². The molecule has 126 valence electrons. The van der Waals surface area contributed by atoms with Crippen molar-refractivity contribution >= 4 is 29.5 Å². The second kappa shape index (κ2) is 9.89. The third-order valence-electron chi connectivity index (χ3n) is 3.20. The molecule has 0 aliphatic rings. The highest BCUT2D eigenvalue weighted by Gasteiger charge is 2.25. The molecule has 0 aliphatic carbocycles. The lowest BCUT2D eigenvalue weighted by molar-refractivity contribution is -0.142. The van der Waals surface area contributed by atoms with Gasteiger partial charge in [0, 0.05) is 13.3 Å². The summed E-state index contributed by atoms with van der Waals surface area (Å²) in [7, 11) is 0. The summed E-state index contributed by atoms with van der Waals surface area (Å²) >= 11 is 1.51. The average molecular weight is 338 g/mol. The number of thioether (sulfide) groups is 1. The zero-order valence-corrected chi connectivity index (χ0v) is 14.1. The Morgan fingerprint density at radius 2 is 1.78 bits per heavy atom. The fraction of sp³-hybridized carbons (Fsp3) is 0.438. The molecule has 3 N–H and O–H groups in total. The van der Waals surface area contributed by atoms with Gasteiger partial charge < -0.3 is 15.7 Å². The van der Waals surface area contributed by atoms with Crippen molar-refractivity contribution in [2.75, 3.05) is 12.0 Å². The number of nitrogens with one attached hydrogen (secondary N) is 2. The lowest BCUT2D eigenvalue weighted by atomic mass is 10.0. The van der Waals surface area contributed by atoms with Gasteiger partial charge in [-0.25, -0.2) is 4.79 Å². The van der Waals surface area contributed by atoms with Gasteiger partial charge in [-0.1, -0.05) is 30.3 Å². The molecule has 6 nitrogen and oxygen atoms in total. The molecule has 2 amide bonds. The van der Waals surface area contributed by atoms with Gasteiger partial charge in [0.25, 0.3) is 0 Å². The summed E-state index contributed by atoms with van der Waals surface area (Å²) < 4.78 is 0. The molecule has 0 aromatic heterocycles. The first kappa shape index (κ1) is 19.0. The fourth-order valence-electron chi connectivity index (χ4n) is 2.07. The third-order valence-corrected chi connectivity index (χ3v) is 3.85. The molecule has 1 aromatic carbocycles. The van der Waals surface area contributed by atoms with Crippen LogP contribution in [0.5, 0.6) is 0 Å². The van der Waals surface area contributed by atoms with Crippen molar-refractivity contribution in [2.24, 2.45) is 0 Å². The molecule has 2 atom stereocenters. The van der Waals surface area contributed by atoms with E-state index in [1.165, 1.54) is 18.7 Å². The molecule has 1 aromatic rings. The molecule has 1 rings (SSSR count). The maximum absolute atomic E-state index is 12.4. The van der Waals surface area contributed by atoms with Gasteiger partial charge in [-0.15, -0.1) is 0 Å². The maximum Gasteiger partial charge on any atom is 0.326 e. The summed E-state index contributed by atoms with van der Waals surface area (Å²) in [5.74, 6) is -1.27. The van der Waals surface area contributed by atoms with Crippen LogP contribution < -0.4 is 10.6 Å². The van der Waals surface area contributed by atoms with E-state index in [4.69, 9.17) is 0 Å². The number of aliphatic carboxylic acids is 1. The predicted molar refractivity (Wildman–Crippen MR) is 90.3 cm³/mol. The van der Waals surface area contributed by atoms with Gasteiger partial charge in [-0.2, -0.15) is 11.8 Å². The Balaban J connectivity index is 2.77. The molecule has 0 saturated carbocycles. The lowest BCUT2D eigenvalue weighted by Gasteiger charge is -2.21. The van der Waals surface area contributed by atoms with E-state index in [9.17, 15) is 19.5 Å². The van der Waals surface area contributed by atoms with Crippen LogP contribution in [-0.2, 0) is 20.8 Å². The molecule has 0 fully saturated rings. The Hall–Kier alpha value is -2.02. The van der Waals surface area contributed by atoms with E-state index in [-0.39, 0.29) is 5.91 Å². The van der Waals surface area contributed by atoms with Crippen molar-refractivity contribution in [3.63, 3.8) is 0 Å². The predicted octanol–water partition coefficient (Wildman–Crippen LogP) is 1.06. The Morgan fingerprint density at radius 3 is 2.30 bits per heavy atom. The number of carboxylic acids is 1. The summed E-state index contributed by atoms with van der Waals surface area (Å²) in [4.78, 5) is 34.9. The van der Waals surface area contributed by atoms with Gasteiger partial charge in [-0.05, 0) is 24.0 Å². The molecular weight excluding hydrogens is 316 g/mol. The number of hydrogen-bond donors (Lipinski definition) is 3. The van der Waals surface area contributed by atoms with Crippen LogP contribution in [0.3, 0.4) is 0 Å². The topological polar surface area (TPSA) is 95.5 Å². The monoisotopic (exact) mass is 338 g/mol. The van der Waals surface area contributed by atoms with E-state index in [2.05, 4.69) is 10.6 Å². The van der Waals surface area contributed by atoms with Crippen molar-refractivity contribution in [3.8, 4) is 0 Å². The minimum absolute atomic E-state index is 0.307. The smallest absolute Gasteiger partial charge is 0.326 e. The molecule has 0 unspecified atom stereocenters.